The van der Waals surface area contributed by atoms with E-state index in [9.17, 15) is 18.8 Å². The van der Waals surface area contributed by atoms with Gasteiger partial charge >= 0.3 is 5.63 Å². The third kappa shape index (κ3) is 3.78. The maximum Gasteiger partial charge on any atom is 0.336 e. The molecule has 1 unspecified atom stereocenters. The highest BCUT2D eigenvalue weighted by molar-refractivity contribution is 5.98. The Balaban J connectivity index is 1.42. The zero-order valence-corrected chi connectivity index (χ0v) is 14.9. The van der Waals surface area contributed by atoms with Crippen LogP contribution in [0.15, 0.2) is 63.8 Å². The van der Waals surface area contributed by atoms with Gasteiger partial charge in [-0.1, -0.05) is 12.1 Å². The Morgan fingerprint density at radius 3 is 2.68 bits per heavy atom. The third-order valence-electron chi connectivity index (χ3n) is 4.76. The number of halogens is 1. The Bertz CT molecular complexity index is 1110. The van der Waals surface area contributed by atoms with Gasteiger partial charge in [0.2, 0.25) is 11.8 Å². The van der Waals surface area contributed by atoms with Crippen LogP contribution in [0.1, 0.15) is 12.0 Å². The SMILES string of the molecule is O=C(Nc1ccc2oc(=O)ccc2c1)C1CC(=O)N(Cc2ccc(F)cc2)C1. The minimum Gasteiger partial charge on any atom is -0.423 e. The third-order valence-corrected chi connectivity index (χ3v) is 4.76. The van der Waals surface area contributed by atoms with Crippen LogP contribution < -0.4 is 10.9 Å². The topological polar surface area (TPSA) is 79.6 Å². The second-order valence-corrected chi connectivity index (χ2v) is 6.80. The van der Waals surface area contributed by atoms with Crippen molar-refractivity contribution in [1.82, 2.24) is 4.90 Å². The van der Waals surface area contributed by atoms with Gasteiger partial charge in [-0.15, -0.1) is 0 Å². The number of amides is 2. The molecule has 0 spiro atoms. The number of hydrogen-bond donors (Lipinski definition) is 1. The van der Waals surface area contributed by atoms with Crippen LogP contribution in [0.4, 0.5) is 10.1 Å². The molecule has 6 nitrogen and oxygen atoms in total. The Morgan fingerprint density at radius 2 is 1.89 bits per heavy atom. The molecular formula is C21H17FN2O4. The summed E-state index contributed by atoms with van der Waals surface area (Å²) in [6, 6.07) is 13.9. The molecular weight excluding hydrogens is 363 g/mol. The van der Waals surface area contributed by atoms with Crippen molar-refractivity contribution in [2.75, 3.05) is 11.9 Å². The van der Waals surface area contributed by atoms with Gasteiger partial charge in [0.05, 0.1) is 5.92 Å². The first-order valence-electron chi connectivity index (χ1n) is 8.85. The van der Waals surface area contributed by atoms with E-state index in [1.807, 2.05) is 0 Å². The van der Waals surface area contributed by atoms with Gasteiger partial charge in [-0.05, 0) is 42.0 Å². The quantitative estimate of drug-likeness (QED) is 0.706. The van der Waals surface area contributed by atoms with E-state index in [-0.39, 0.29) is 24.1 Å². The molecule has 1 fully saturated rings. The number of likely N-dealkylation sites (tertiary alicyclic amines) is 1. The van der Waals surface area contributed by atoms with Crippen LogP contribution in [-0.2, 0) is 16.1 Å². The first kappa shape index (κ1) is 17.9. The van der Waals surface area contributed by atoms with Crippen LogP contribution in [0.5, 0.6) is 0 Å². The number of fused-ring (bicyclic) bond motifs is 1. The summed E-state index contributed by atoms with van der Waals surface area (Å²) >= 11 is 0. The molecule has 3 aromatic rings. The lowest BCUT2D eigenvalue weighted by atomic mass is 10.1. The highest BCUT2D eigenvalue weighted by atomic mass is 19.1. The molecule has 4 rings (SSSR count). The smallest absolute Gasteiger partial charge is 0.336 e. The fraction of sp³-hybridized carbons (Fsp3) is 0.190. The minimum atomic E-state index is -0.461. The number of carbonyl (C=O) groups is 2. The molecule has 0 radical (unpaired) electrons. The molecule has 0 aliphatic carbocycles. The fourth-order valence-electron chi connectivity index (χ4n) is 3.30. The molecule has 142 valence electrons. The molecule has 28 heavy (non-hydrogen) atoms. The molecule has 0 saturated carbocycles. The largest absolute Gasteiger partial charge is 0.423 e. The highest BCUT2D eigenvalue weighted by Gasteiger charge is 2.34. The van der Waals surface area contributed by atoms with E-state index < -0.39 is 11.5 Å². The highest BCUT2D eigenvalue weighted by Crippen LogP contribution is 2.23. The lowest BCUT2D eigenvalue weighted by Gasteiger charge is -2.16. The average molecular weight is 380 g/mol. The molecule has 1 aliphatic rings. The zero-order chi connectivity index (χ0) is 19.7. The van der Waals surface area contributed by atoms with Crippen LogP contribution in [0.25, 0.3) is 11.0 Å². The summed E-state index contributed by atoms with van der Waals surface area (Å²) in [6.07, 6.45) is 0.134. The molecule has 7 heteroatoms. The van der Waals surface area contributed by atoms with Crippen molar-refractivity contribution in [3.05, 3.63) is 76.4 Å². The standard InChI is InChI=1S/C21H17FN2O4/c22-16-4-1-13(2-5-16)11-24-12-15(10-19(24)25)21(27)23-17-6-7-18-14(9-17)3-8-20(26)28-18/h1-9,15H,10-12H2,(H,23,27). The van der Waals surface area contributed by atoms with Crippen LogP contribution >= 0.6 is 0 Å². The molecule has 1 N–H and O–H groups in total. The van der Waals surface area contributed by atoms with Gasteiger partial charge in [0.1, 0.15) is 11.4 Å². The van der Waals surface area contributed by atoms with Crippen molar-refractivity contribution in [1.29, 1.82) is 0 Å². The number of nitrogens with one attached hydrogen (secondary N) is 1. The fourth-order valence-corrected chi connectivity index (χ4v) is 3.30. The molecule has 1 atom stereocenters. The Morgan fingerprint density at radius 1 is 1.11 bits per heavy atom. The van der Waals surface area contributed by atoms with Gasteiger partial charge < -0.3 is 14.6 Å². The molecule has 2 amide bonds. The molecule has 2 aromatic carbocycles. The van der Waals surface area contributed by atoms with E-state index >= 15 is 0 Å². The first-order chi connectivity index (χ1) is 13.5. The van der Waals surface area contributed by atoms with Crippen LogP contribution in [0.3, 0.4) is 0 Å². The summed E-state index contributed by atoms with van der Waals surface area (Å²) in [5.41, 5.74) is 1.38. The number of nitrogens with zero attached hydrogens (tertiary/aromatic N) is 1. The summed E-state index contributed by atoms with van der Waals surface area (Å²) in [5.74, 6) is -1.14. The molecule has 2 heterocycles. The summed E-state index contributed by atoms with van der Waals surface area (Å²) in [5, 5.41) is 3.51. The number of benzene rings is 2. The predicted octanol–water partition coefficient (Wildman–Crippen LogP) is 2.92. The number of rotatable bonds is 4. The van der Waals surface area contributed by atoms with E-state index in [4.69, 9.17) is 4.42 Å². The molecule has 1 aliphatic heterocycles. The lowest BCUT2D eigenvalue weighted by Crippen LogP contribution is -2.28. The number of carbonyl (C=O) groups excluding carboxylic acids is 2. The Labute approximate surface area is 159 Å². The molecule has 0 bridgehead atoms. The van der Waals surface area contributed by atoms with Crippen LogP contribution in [-0.4, -0.2) is 23.3 Å². The predicted molar refractivity (Wildman–Crippen MR) is 101 cm³/mol. The van der Waals surface area contributed by atoms with Gasteiger partial charge in [-0.2, -0.15) is 0 Å². The molecule has 1 aromatic heterocycles. The summed E-state index contributed by atoms with van der Waals surface area (Å²) in [4.78, 5) is 37.7. The monoisotopic (exact) mass is 380 g/mol. The maximum atomic E-state index is 13.0. The van der Waals surface area contributed by atoms with Crippen molar-refractivity contribution >= 4 is 28.5 Å². The van der Waals surface area contributed by atoms with E-state index in [1.165, 1.54) is 18.2 Å². The maximum absolute atomic E-state index is 13.0. The normalized spacial score (nSPS) is 16.5. The van der Waals surface area contributed by atoms with Crippen molar-refractivity contribution in [2.24, 2.45) is 5.92 Å². The van der Waals surface area contributed by atoms with E-state index in [1.54, 1.807) is 41.3 Å². The van der Waals surface area contributed by atoms with E-state index in [2.05, 4.69) is 5.32 Å². The number of hydrogen-bond acceptors (Lipinski definition) is 4. The van der Waals surface area contributed by atoms with Crippen LogP contribution in [0.2, 0.25) is 0 Å². The summed E-state index contributed by atoms with van der Waals surface area (Å²) < 4.78 is 18.1. The Kier molecular flexibility index (Phi) is 4.65. The van der Waals surface area contributed by atoms with Gasteiger partial charge in [0.25, 0.3) is 0 Å². The summed E-state index contributed by atoms with van der Waals surface area (Å²) in [7, 11) is 0. The summed E-state index contributed by atoms with van der Waals surface area (Å²) in [6.45, 7) is 0.655. The van der Waals surface area contributed by atoms with Crippen molar-refractivity contribution in [2.45, 2.75) is 13.0 Å². The van der Waals surface area contributed by atoms with Gasteiger partial charge in [-0.25, -0.2) is 9.18 Å². The first-order valence-corrected chi connectivity index (χ1v) is 8.85. The van der Waals surface area contributed by atoms with Crippen molar-refractivity contribution < 1.29 is 18.4 Å². The number of anilines is 1. The van der Waals surface area contributed by atoms with Crippen molar-refractivity contribution in [3.8, 4) is 0 Å². The van der Waals surface area contributed by atoms with E-state index in [0.717, 1.165) is 5.56 Å². The van der Waals surface area contributed by atoms with Gasteiger partial charge in [-0.3, -0.25) is 9.59 Å². The molecule has 1 saturated heterocycles. The second kappa shape index (κ2) is 7.26. The average Bonchev–Trinajstić information content (AvgIpc) is 3.04. The zero-order valence-electron chi connectivity index (χ0n) is 14.9. The minimum absolute atomic E-state index is 0.107. The second-order valence-electron chi connectivity index (χ2n) is 6.80. The Hall–Kier alpha value is -3.48. The van der Waals surface area contributed by atoms with E-state index in [0.29, 0.717) is 29.7 Å². The van der Waals surface area contributed by atoms with Gasteiger partial charge in [0.15, 0.2) is 0 Å². The van der Waals surface area contributed by atoms with Crippen LogP contribution in [0, 0.1) is 11.7 Å². The lowest BCUT2D eigenvalue weighted by molar-refractivity contribution is -0.128. The van der Waals surface area contributed by atoms with Gasteiger partial charge in [0, 0.05) is 36.7 Å². The van der Waals surface area contributed by atoms with Crippen molar-refractivity contribution in [3.63, 3.8) is 0 Å².